The number of hydrogen-bond donors (Lipinski definition) is 8. The third-order valence-corrected chi connectivity index (χ3v) is 11.8. The number of carboxylic acids is 4. The number of carboxylic acid groups (broad SMARTS) is 4. The molecule has 1 aliphatic rings. The second-order valence-electron chi connectivity index (χ2n) is 16.6. The number of para-hydroxylation sites is 4. The molecular formula is C56H48N4O12. The number of ether oxygens (including phenoxy) is 4. The van der Waals surface area contributed by atoms with Crippen molar-refractivity contribution in [3.63, 3.8) is 0 Å². The summed E-state index contributed by atoms with van der Waals surface area (Å²) in [6.45, 7) is -0.329. The van der Waals surface area contributed by atoms with Crippen LogP contribution in [0, 0.1) is 0 Å². The first-order valence-corrected chi connectivity index (χ1v) is 23.0. The number of aromatic amines is 4. The van der Waals surface area contributed by atoms with E-state index in [2.05, 4.69) is 19.9 Å². The third-order valence-electron chi connectivity index (χ3n) is 11.8. The Labute approximate surface area is 410 Å². The minimum atomic E-state index is -1.00. The van der Waals surface area contributed by atoms with Crippen molar-refractivity contribution in [2.45, 2.75) is 25.7 Å². The maximum Gasteiger partial charge on any atom is 0.306 e. The number of aromatic nitrogens is 4. The second kappa shape index (κ2) is 21.5. The molecular weight excluding hydrogens is 921 g/mol. The first kappa shape index (κ1) is 47.6. The molecule has 16 nitrogen and oxygen atoms in total. The van der Waals surface area contributed by atoms with E-state index in [4.69, 9.17) is 18.9 Å². The number of rotatable bonds is 20. The zero-order chi connectivity index (χ0) is 50.1. The van der Waals surface area contributed by atoms with Gasteiger partial charge in [0.15, 0.2) is 0 Å². The predicted molar refractivity (Wildman–Crippen MR) is 265 cm³/mol. The summed E-state index contributed by atoms with van der Waals surface area (Å²) >= 11 is 0. The summed E-state index contributed by atoms with van der Waals surface area (Å²) in [5, 5.41) is 40.7. The molecule has 0 unspecified atom stereocenters. The van der Waals surface area contributed by atoms with E-state index >= 15 is 0 Å². The van der Waals surface area contributed by atoms with E-state index in [1.807, 2.05) is 121 Å². The average molecular weight is 969 g/mol. The van der Waals surface area contributed by atoms with E-state index in [-0.39, 0.29) is 52.1 Å². The monoisotopic (exact) mass is 968 g/mol. The second-order valence-corrected chi connectivity index (χ2v) is 16.6. The lowest BCUT2D eigenvalue weighted by Gasteiger charge is -2.15. The van der Waals surface area contributed by atoms with Crippen LogP contribution in [0.4, 0.5) is 0 Å². The first-order chi connectivity index (χ1) is 35.0. The molecule has 0 aliphatic carbocycles. The van der Waals surface area contributed by atoms with Crippen LogP contribution < -0.4 is 40.3 Å². The van der Waals surface area contributed by atoms with Crippen molar-refractivity contribution in [3.05, 3.63) is 212 Å². The number of nitrogens with one attached hydrogen (secondary N) is 4. The highest BCUT2D eigenvalue weighted by Crippen LogP contribution is 2.36. The van der Waals surface area contributed by atoms with Gasteiger partial charge in [0, 0.05) is 88.7 Å². The SMILES string of the molecule is O=C(O)CCOc1ccccc1C1=c2ccc([nH]2)=C(c2ccccc2OCCC(=O)O)c2ccc([nH]2)C(c2ccccc2OCCC(=O)O)=c2ccc([nH]2)=C(c2ccccc2OCCC(=O)O)c2ccc1[nH]2. The number of hydrogen-bond acceptors (Lipinski definition) is 8. The Morgan fingerprint density at radius 3 is 0.750 bits per heavy atom. The molecule has 72 heavy (non-hydrogen) atoms. The fourth-order valence-electron chi connectivity index (χ4n) is 8.68. The lowest BCUT2D eigenvalue weighted by molar-refractivity contribution is -0.138. The molecule has 0 atom stereocenters. The van der Waals surface area contributed by atoms with E-state index in [1.165, 1.54) is 0 Å². The molecule has 0 saturated carbocycles. The van der Waals surface area contributed by atoms with E-state index < -0.39 is 23.9 Å². The highest BCUT2D eigenvalue weighted by atomic mass is 16.5. The lowest BCUT2D eigenvalue weighted by atomic mass is 10.0. The number of aliphatic carboxylic acids is 4. The molecule has 5 heterocycles. The maximum absolute atomic E-state index is 11.6. The fraction of sp³-hybridized carbons (Fsp3) is 0.143. The Kier molecular flexibility index (Phi) is 14.2. The van der Waals surface area contributed by atoms with Crippen LogP contribution in [0.1, 0.15) is 70.7 Å². The molecule has 16 heteroatoms. The molecule has 0 saturated heterocycles. The topological polar surface area (TPSA) is 249 Å². The molecule has 0 radical (unpaired) electrons. The van der Waals surface area contributed by atoms with Gasteiger partial charge in [0.2, 0.25) is 0 Å². The Balaban J connectivity index is 1.38. The summed E-state index contributed by atoms with van der Waals surface area (Å²) in [4.78, 5) is 61.3. The summed E-state index contributed by atoms with van der Waals surface area (Å²) in [6.07, 6.45) is -0.888. The highest BCUT2D eigenvalue weighted by molar-refractivity contribution is 5.88. The van der Waals surface area contributed by atoms with Crippen molar-refractivity contribution in [2.75, 3.05) is 26.4 Å². The standard InChI is InChI=1S/C56H48N4O12/c61-49(62)25-29-69-45-13-5-1-9-33(45)53-37-17-19-39(57-37)54(34-10-2-6-14-46(34)70-30-26-50(63)64)41-21-23-43(59-41)56(36-12-4-8-16-48(36)72-32-28-52(67)68)44-24-22-42(60-44)55(40-20-18-38(53)58-40)35-11-3-7-15-47(35)71-31-27-51(65)66/h1-24,57-60H,25-32H2,(H,61,62)(H,63,64)(H,65,66)(H,67,68). The van der Waals surface area contributed by atoms with Gasteiger partial charge in [0.05, 0.1) is 52.1 Å². The molecule has 0 fully saturated rings. The zero-order valence-corrected chi connectivity index (χ0v) is 38.6. The quantitative estimate of drug-likeness (QED) is 0.0457. The molecule has 1 aliphatic heterocycles. The van der Waals surface area contributed by atoms with Crippen LogP contribution in [0.25, 0.3) is 22.3 Å². The van der Waals surface area contributed by atoms with Gasteiger partial charge < -0.3 is 59.3 Å². The van der Waals surface area contributed by atoms with Crippen LogP contribution in [0.2, 0.25) is 0 Å². The van der Waals surface area contributed by atoms with Crippen molar-refractivity contribution in [3.8, 4) is 23.0 Å². The van der Waals surface area contributed by atoms with Crippen molar-refractivity contribution < 1.29 is 58.6 Å². The van der Waals surface area contributed by atoms with Gasteiger partial charge in [-0.2, -0.15) is 0 Å². The summed E-state index contributed by atoms with van der Waals surface area (Å²) in [5.41, 5.74) is 7.89. The van der Waals surface area contributed by atoms with Crippen molar-refractivity contribution in [1.29, 1.82) is 0 Å². The van der Waals surface area contributed by atoms with Gasteiger partial charge in [-0.05, 0) is 72.8 Å². The molecule has 4 aromatic heterocycles. The fourth-order valence-corrected chi connectivity index (χ4v) is 8.68. The van der Waals surface area contributed by atoms with E-state index in [0.717, 1.165) is 0 Å². The van der Waals surface area contributed by atoms with Crippen LogP contribution in [0.15, 0.2) is 146 Å². The number of fused-ring (bicyclic) bond motifs is 8. The molecule has 9 rings (SSSR count). The third kappa shape index (κ3) is 10.6. The average Bonchev–Trinajstić information content (AvgIpc) is 4.22. The largest absolute Gasteiger partial charge is 0.492 e. The Morgan fingerprint density at radius 1 is 0.306 bits per heavy atom. The Hall–Kier alpha value is -9.44. The summed E-state index contributed by atoms with van der Waals surface area (Å²) in [5.74, 6) is -2.25. The summed E-state index contributed by atoms with van der Waals surface area (Å²) < 4.78 is 24.7. The van der Waals surface area contributed by atoms with Gasteiger partial charge in [-0.25, -0.2) is 0 Å². The predicted octanol–water partition coefficient (Wildman–Crippen LogP) is 5.72. The van der Waals surface area contributed by atoms with Gasteiger partial charge in [-0.3, -0.25) is 19.2 Å². The first-order valence-electron chi connectivity index (χ1n) is 23.0. The van der Waals surface area contributed by atoms with Crippen molar-refractivity contribution in [1.82, 2.24) is 19.9 Å². The van der Waals surface area contributed by atoms with Crippen LogP contribution in [-0.2, 0) is 19.2 Å². The van der Waals surface area contributed by atoms with Crippen molar-refractivity contribution in [2.24, 2.45) is 0 Å². The van der Waals surface area contributed by atoms with Gasteiger partial charge in [-0.15, -0.1) is 0 Å². The van der Waals surface area contributed by atoms with Crippen LogP contribution in [-0.4, -0.2) is 90.7 Å². The zero-order valence-electron chi connectivity index (χ0n) is 38.6. The molecule has 0 spiro atoms. The minimum absolute atomic E-state index is 0.0823. The minimum Gasteiger partial charge on any atom is -0.492 e. The number of carbonyl (C=O) groups is 4. The van der Waals surface area contributed by atoms with Gasteiger partial charge in [-0.1, -0.05) is 72.8 Å². The summed E-state index contributed by atoms with van der Waals surface area (Å²) in [7, 11) is 0. The van der Waals surface area contributed by atoms with Crippen molar-refractivity contribution >= 4 is 46.2 Å². The van der Waals surface area contributed by atoms with Gasteiger partial charge >= 0.3 is 23.9 Å². The normalized spacial score (nSPS) is 12.1. The van der Waals surface area contributed by atoms with E-state index in [1.54, 1.807) is 24.3 Å². The van der Waals surface area contributed by atoms with Gasteiger partial charge in [0.25, 0.3) is 0 Å². The Morgan fingerprint density at radius 2 is 0.528 bits per heavy atom. The maximum atomic E-state index is 11.6. The lowest BCUT2D eigenvalue weighted by Crippen LogP contribution is -2.20. The molecule has 4 aromatic carbocycles. The molecule has 8 aromatic rings. The smallest absolute Gasteiger partial charge is 0.306 e. The number of H-pyrrole nitrogens is 4. The molecule has 8 N–H and O–H groups in total. The van der Waals surface area contributed by atoms with E-state index in [9.17, 15) is 39.6 Å². The highest BCUT2D eigenvalue weighted by Gasteiger charge is 2.23. The van der Waals surface area contributed by atoms with Crippen LogP contribution in [0.5, 0.6) is 23.0 Å². The van der Waals surface area contributed by atoms with E-state index in [0.29, 0.717) is 112 Å². The van der Waals surface area contributed by atoms with Crippen LogP contribution >= 0.6 is 0 Å². The van der Waals surface area contributed by atoms with Gasteiger partial charge in [0.1, 0.15) is 23.0 Å². The molecule has 8 bridgehead atoms. The Bertz CT molecular complexity index is 3140. The molecule has 0 amide bonds. The molecule has 364 valence electrons. The number of benzene rings is 4. The summed E-state index contributed by atoms with van der Waals surface area (Å²) in [6, 6.07) is 44.9. The van der Waals surface area contributed by atoms with Crippen LogP contribution in [0.3, 0.4) is 0 Å².